The molecule has 0 aliphatic heterocycles. The van der Waals surface area contributed by atoms with Crippen molar-refractivity contribution in [2.45, 2.75) is 13.8 Å². The van der Waals surface area contributed by atoms with Gasteiger partial charge in [0.15, 0.2) is 0 Å². The standard InChI is InChI=1S/C15H15ClN2O2/c1-8-5-12(17)13(6-9(8)2)18-15(20)10-3-4-14(19)11(16)7-10/h3-7,19H,17H2,1-2H3,(H,18,20). The lowest BCUT2D eigenvalue weighted by Gasteiger charge is -2.11. The first-order valence-corrected chi connectivity index (χ1v) is 6.43. The van der Waals surface area contributed by atoms with Crippen molar-refractivity contribution >= 4 is 28.9 Å². The average Bonchev–Trinajstić information content (AvgIpc) is 2.39. The minimum atomic E-state index is -0.332. The molecule has 1 amide bonds. The molecule has 2 aromatic carbocycles. The van der Waals surface area contributed by atoms with Gasteiger partial charge < -0.3 is 16.2 Å². The van der Waals surface area contributed by atoms with Crippen LogP contribution < -0.4 is 11.1 Å². The molecule has 2 aromatic rings. The third kappa shape index (κ3) is 2.86. The quantitative estimate of drug-likeness (QED) is 0.741. The molecule has 0 spiro atoms. The number of phenolic OH excluding ortho intramolecular Hbond substituents is 1. The second-order valence-corrected chi connectivity index (χ2v) is 5.05. The summed E-state index contributed by atoms with van der Waals surface area (Å²) >= 11 is 5.78. The molecule has 2 rings (SSSR count). The summed E-state index contributed by atoms with van der Waals surface area (Å²) < 4.78 is 0. The van der Waals surface area contributed by atoms with E-state index in [1.807, 2.05) is 26.0 Å². The summed E-state index contributed by atoms with van der Waals surface area (Å²) in [6.07, 6.45) is 0. The van der Waals surface area contributed by atoms with Gasteiger partial charge in [0.1, 0.15) is 5.75 Å². The highest BCUT2D eigenvalue weighted by atomic mass is 35.5. The summed E-state index contributed by atoms with van der Waals surface area (Å²) in [5.41, 5.74) is 9.41. The van der Waals surface area contributed by atoms with E-state index in [0.29, 0.717) is 16.9 Å². The number of halogens is 1. The van der Waals surface area contributed by atoms with Gasteiger partial charge in [-0.1, -0.05) is 11.6 Å². The Kier molecular flexibility index (Phi) is 3.86. The first-order chi connectivity index (χ1) is 9.38. The summed E-state index contributed by atoms with van der Waals surface area (Å²) in [6.45, 7) is 3.90. The fourth-order valence-electron chi connectivity index (χ4n) is 1.79. The average molecular weight is 291 g/mol. The molecule has 20 heavy (non-hydrogen) atoms. The van der Waals surface area contributed by atoms with Crippen LogP contribution in [0.2, 0.25) is 5.02 Å². The molecular formula is C15H15ClN2O2. The first-order valence-electron chi connectivity index (χ1n) is 6.05. The molecule has 0 aliphatic carbocycles. The van der Waals surface area contributed by atoms with Gasteiger partial charge in [-0.15, -0.1) is 0 Å². The zero-order chi connectivity index (χ0) is 14.9. The van der Waals surface area contributed by atoms with Crippen molar-refractivity contribution in [1.29, 1.82) is 0 Å². The van der Waals surface area contributed by atoms with Crippen molar-refractivity contribution in [3.8, 4) is 5.75 Å². The maximum Gasteiger partial charge on any atom is 0.255 e. The van der Waals surface area contributed by atoms with Gasteiger partial charge in [0.2, 0.25) is 0 Å². The number of aryl methyl sites for hydroxylation is 2. The van der Waals surface area contributed by atoms with Crippen LogP contribution in [0.4, 0.5) is 11.4 Å². The second-order valence-electron chi connectivity index (χ2n) is 4.64. The van der Waals surface area contributed by atoms with Crippen LogP contribution in [0.1, 0.15) is 21.5 Å². The highest BCUT2D eigenvalue weighted by molar-refractivity contribution is 6.32. The molecule has 0 saturated carbocycles. The number of hydrogen-bond acceptors (Lipinski definition) is 3. The number of nitrogens with two attached hydrogens (primary N) is 1. The highest BCUT2D eigenvalue weighted by Gasteiger charge is 2.11. The Balaban J connectivity index is 2.27. The van der Waals surface area contributed by atoms with Gasteiger partial charge in [0, 0.05) is 5.56 Å². The lowest BCUT2D eigenvalue weighted by atomic mass is 10.1. The van der Waals surface area contributed by atoms with Crippen LogP contribution in [0.3, 0.4) is 0 Å². The van der Waals surface area contributed by atoms with Gasteiger partial charge in [-0.2, -0.15) is 0 Å². The number of aromatic hydroxyl groups is 1. The van der Waals surface area contributed by atoms with Gasteiger partial charge in [0.05, 0.1) is 16.4 Å². The maximum atomic E-state index is 12.1. The molecule has 4 N–H and O–H groups in total. The van der Waals surface area contributed by atoms with Crippen LogP contribution in [0.25, 0.3) is 0 Å². The number of anilines is 2. The fraction of sp³-hybridized carbons (Fsp3) is 0.133. The van der Waals surface area contributed by atoms with E-state index in [9.17, 15) is 9.90 Å². The van der Waals surface area contributed by atoms with Crippen LogP contribution in [-0.2, 0) is 0 Å². The Labute approximate surface area is 122 Å². The molecule has 0 saturated heterocycles. The van der Waals surface area contributed by atoms with E-state index in [2.05, 4.69) is 5.32 Å². The van der Waals surface area contributed by atoms with Crippen LogP contribution in [0.15, 0.2) is 30.3 Å². The topological polar surface area (TPSA) is 75.3 Å². The van der Waals surface area contributed by atoms with Crippen molar-refractivity contribution < 1.29 is 9.90 Å². The Morgan fingerprint density at radius 1 is 1.20 bits per heavy atom. The summed E-state index contributed by atoms with van der Waals surface area (Å²) in [6, 6.07) is 7.91. The summed E-state index contributed by atoms with van der Waals surface area (Å²) in [7, 11) is 0. The molecule has 0 heterocycles. The van der Waals surface area contributed by atoms with Crippen molar-refractivity contribution in [1.82, 2.24) is 0 Å². The second kappa shape index (κ2) is 5.43. The third-order valence-corrected chi connectivity index (χ3v) is 3.43. The summed E-state index contributed by atoms with van der Waals surface area (Å²) in [4.78, 5) is 12.1. The van der Waals surface area contributed by atoms with E-state index in [4.69, 9.17) is 17.3 Å². The Morgan fingerprint density at radius 3 is 2.50 bits per heavy atom. The van der Waals surface area contributed by atoms with Crippen LogP contribution >= 0.6 is 11.6 Å². The predicted molar refractivity (Wildman–Crippen MR) is 81.4 cm³/mol. The SMILES string of the molecule is Cc1cc(N)c(NC(=O)c2ccc(O)c(Cl)c2)cc1C. The predicted octanol–water partition coefficient (Wildman–Crippen LogP) is 3.50. The third-order valence-electron chi connectivity index (χ3n) is 3.12. The molecule has 5 heteroatoms. The van der Waals surface area contributed by atoms with Gasteiger partial charge in [0.25, 0.3) is 5.91 Å². The minimum Gasteiger partial charge on any atom is -0.506 e. The molecular weight excluding hydrogens is 276 g/mol. The van der Waals surface area contributed by atoms with E-state index in [-0.39, 0.29) is 16.7 Å². The number of amides is 1. The molecule has 0 fully saturated rings. The Bertz CT molecular complexity index is 684. The van der Waals surface area contributed by atoms with Gasteiger partial charge in [-0.25, -0.2) is 0 Å². The number of hydrogen-bond donors (Lipinski definition) is 3. The largest absolute Gasteiger partial charge is 0.506 e. The molecule has 0 aliphatic rings. The molecule has 0 bridgehead atoms. The van der Waals surface area contributed by atoms with Gasteiger partial charge in [-0.05, 0) is 55.3 Å². The normalized spacial score (nSPS) is 10.3. The Hall–Kier alpha value is -2.20. The molecule has 4 nitrogen and oxygen atoms in total. The minimum absolute atomic E-state index is 0.0612. The number of carbonyl (C=O) groups excluding carboxylic acids is 1. The lowest BCUT2D eigenvalue weighted by Crippen LogP contribution is -2.13. The van der Waals surface area contributed by atoms with E-state index >= 15 is 0 Å². The van der Waals surface area contributed by atoms with Gasteiger partial charge in [-0.3, -0.25) is 4.79 Å². The van der Waals surface area contributed by atoms with Crippen LogP contribution in [-0.4, -0.2) is 11.0 Å². The molecule has 104 valence electrons. The van der Waals surface area contributed by atoms with Crippen molar-refractivity contribution in [2.24, 2.45) is 0 Å². The smallest absolute Gasteiger partial charge is 0.255 e. The Morgan fingerprint density at radius 2 is 1.85 bits per heavy atom. The molecule has 0 unspecified atom stereocenters. The van der Waals surface area contributed by atoms with Crippen molar-refractivity contribution in [3.05, 3.63) is 52.0 Å². The first kappa shape index (κ1) is 14.2. The van der Waals surface area contributed by atoms with Crippen molar-refractivity contribution in [2.75, 3.05) is 11.1 Å². The van der Waals surface area contributed by atoms with E-state index < -0.39 is 0 Å². The highest BCUT2D eigenvalue weighted by Crippen LogP contribution is 2.26. The number of rotatable bonds is 2. The van der Waals surface area contributed by atoms with E-state index in [1.165, 1.54) is 18.2 Å². The maximum absolute atomic E-state index is 12.1. The number of nitrogen functional groups attached to an aromatic ring is 1. The number of phenols is 1. The summed E-state index contributed by atoms with van der Waals surface area (Å²) in [5.74, 6) is -0.393. The van der Waals surface area contributed by atoms with Crippen LogP contribution in [0, 0.1) is 13.8 Å². The van der Waals surface area contributed by atoms with E-state index in [1.54, 1.807) is 0 Å². The number of nitrogens with one attached hydrogen (secondary N) is 1. The van der Waals surface area contributed by atoms with Crippen LogP contribution in [0.5, 0.6) is 5.75 Å². The molecule has 0 radical (unpaired) electrons. The zero-order valence-corrected chi connectivity index (χ0v) is 12.0. The number of benzene rings is 2. The lowest BCUT2D eigenvalue weighted by molar-refractivity contribution is 0.102. The summed E-state index contributed by atoms with van der Waals surface area (Å²) in [5, 5.41) is 12.2. The zero-order valence-electron chi connectivity index (χ0n) is 11.2. The van der Waals surface area contributed by atoms with Crippen molar-refractivity contribution in [3.63, 3.8) is 0 Å². The monoisotopic (exact) mass is 290 g/mol. The molecule has 0 aromatic heterocycles. The fourth-order valence-corrected chi connectivity index (χ4v) is 1.97. The number of carbonyl (C=O) groups is 1. The molecule has 0 atom stereocenters. The van der Waals surface area contributed by atoms with E-state index in [0.717, 1.165) is 11.1 Å². The van der Waals surface area contributed by atoms with Gasteiger partial charge >= 0.3 is 0 Å².